The van der Waals surface area contributed by atoms with Crippen LogP contribution in [-0.2, 0) is 9.59 Å². The number of non-ortho nitro benzene ring substituents is 1. The molecule has 23 heavy (non-hydrogen) atoms. The monoisotopic (exact) mass is 326 g/mol. The number of carboxylic acids is 1. The Bertz CT molecular complexity index is 592. The Balaban J connectivity index is 2.79. The number of carbonyl (C=O) groups excluding carboxylic acids is 1. The van der Waals surface area contributed by atoms with Gasteiger partial charge in [-0.3, -0.25) is 19.7 Å². The van der Waals surface area contributed by atoms with Crippen molar-refractivity contribution in [1.29, 1.82) is 0 Å². The molecule has 0 aliphatic heterocycles. The zero-order chi connectivity index (χ0) is 17.4. The van der Waals surface area contributed by atoms with Gasteiger partial charge in [0.15, 0.2) is 0 Å². The molecule has 10 heteroatoms. The van der Waals surface area contributed by atoms with Crippen LogP contribution in [0.15, 0.2) is 18.2 Å². The molecular formula is C13H18N4O6. The molecule has 0 heterocycles. The number of methoxy groups -OCH3 is 1. The molecule has 0 spiro atoms. The predicted octanol–water partition coefficient (Wildman–Crippen LogP) is -0.0665. The van der Waals surface area contributed by atoms with E-state index in [1.165, 1.54) is 19.2 Å². The molecule has 1 aromatic carbocycles. The van der Waals surface area contributed by atoms with Crippen molar-refractivity contribution in [3.05, 3.63) is 28.3 Å². The number of amides is 1. The fourth-order valence-electron chi connectivity index (χ4n) is 1.79. The number of nitro groups is 1. The van der Waals surface area contributed by atoms with E-state index in [4.69, 9.17) is 15.6 Å². The van der Waals surface area contributed by atoms with Crippen molar-refractivity contribution in [3.8, 4) is 5.75 Å². The average Bonchev–Trinajstić information content (AvgIpc) is 2.51. The van der Waals surface area contributed by atoms with E-state index < -0.39 is 22.8 Å². The molecule has 0 aromatic heterocycles. The Morgan fingerprint density at radius 2 is 2.17 bits per heavy atom. The Labute approximate surface area is 131 Å². The van der Waals surface area contributed by atoms with E-state index in [0.717, 1.165) is 6.07 Å². The number of benzene rings is 1. The third-order valence-electron chi connectivity index (χ3n) is 2.89. The Hall–Kier alpha value is -2.72. The van der Waals surface area contributed by atoms with Gasteiger partial charge in [-0.2, -0.15) is 0 Å². The highest BCUT2D eigenvalue weighted by atomic mass is 16.6. The molecule has 0 saturated heterocycles. The lowest BCUT2D eigenvalue weighted by Crippen LogP contribution is -2.41. The number of hydrogen-bond acceptors (Lipinski definition) is 7. The van der Waals surface area contributed by atoms with Gasteiger partial charge in [-0.05, 0) is 6.07 Å². The minimum atomic E-state index is -1.18. The fourth-order valence-corrected chi connectivity index (χ4v) is 1.79. The van der Waals surface area contributed by atoms with Gasteiger partial charge in [-0.25, -0.2) is 0 Å². The van der Waals surface area contributed by atoms with Crippen LogP contribution in [0.2, 0.25) is 0 Å². The first kappa shape index (κ1) is 18.3. The van der Waals surface area contributed by atoms with Crippen LogP contribution in [0.4, 0.5) is 11.4 Å². The molecule has 1 rings (SSSR count). The van der Waals surface area contributed by atoms with Gasteiger partial charge in [0.05, 0.1) is 30.2 Å². The molecule has 0 radical (unpaired) electrons. The maximum absolute atomic E-state index is 11.9. The second-order valence-corrected chi connectivity index (χ2v) is 4.53. The summed E-state index contributed by atoms with van der Waals surface area (Å²) in [7, 11) is 1.30. The summed E-state index contributed by atoms with van der Waals surface area (Å²) in [5, 5.41) is 24.8. The summed E-state index contributed by atoms with van der Waals surface area (Å²) in [5.74, 6) is -1.65. The van der Waals surface area contributed by atoms with Gasteiger partial charge in [0.25, 0.3) is 5.69 Å². The Morgan fingerprint density at radius 1 is 1.48 bits per heavy atom. The van der Waals surface area contributed by atoms with Crippen molar-refractivity contribution in [3.63, 3.8) is 0 Å². The topological polar surface area (TPSA) is 157 Å². The average molecular weight is 326 g/mol. The number of aliphatic carboxylic acids is 1. The van der Waals surface area contributed by atoms with Gasteiger partial charge < -0.3 is 26.2 Å². The van der Waals surface area contributed by atoms with Crippen molar-refractivity contribution in [2.24, 2.45) is 5.73 Å². The van der Waals surface area contributed by atoms with Crippen molar-refractivity contribution >= 4 is 23.3 Å². The SMILES string of the molecule is COc1cc([N+](=O)[O-])ccc1NC(=O)C[C@@H](NCCN)C(=O)O. The van der Waals surface area contributed by atoms with Gasteiger partial charge in [0, 0.05) is 19.2 Å². The zero-order valence-electron chi connectivity index (χ0n) is 12.4. The van der Waals surface area contributed by atoms with Crippen molar-refractivity contribution in [1.82, 2.24) is 5.32 Å². The van der Waals surface area contributed by atoms with Crippen LogP contribution in [0.25, 0.3) is 0 Å². The number of anilines is 1. The highest BCUT2D eigenvalue weighted by Crippen LogP contribution is 2.29. The van der Waals surface area contributed by atoms with Crippen molar-refractivity contribution in [2.45, 2.75) is 12.5 Å². The molecule has 10 nitrogen and oxygen atoms in total. The third kappa shape index (κ3) is 5.52. The maximum Gasteiger partial charge on any atom is 0.321 e. The molecule has 0 fully saturated rings. The predicted molar refractivity (Wildman–Crippen MR) is 81.4 cm³/mol. The number of nitrogens with two attached hydrogens (primary N) is 1. The molecule has 0 unspecified atom stereocenters. The first-order chi connectivity index (χ1) is 10.9. The number of ether oxygens (including phenoxy) is 1. The lowest BCUT2D eigenvalue weighted by Gasteiger charge is -2.14. The second-order valence-electron chi connectivity index (χ2n) is 4.53. The molecular weight excluding hydrogens is 308 g/mol. The van der Waals surface area contributed by atoms with Crippen LogP contribution in [0.3, 0.4) is 0 Å². The summed E-state index contributed by atoms with van der Waals surface area (Å²) in [6.07, 6.45) is -0.324. The molecule has 126 valence electrons. The first-order valence-corrected chi connectivity index (χ1v) is 6.67. The quantitative estimate of drug-likeness (QED) is 0.363. The summed E-state index contributed by atoms with van der Waals surface area (Å²) in [5.41, 5.74) is 5.31. The third-order valence-corrected chi connectivity index (χ3v) is 2.89. The van der Waals surface area contributed by atoms with E-state index in [1.54, 1.807) is 0 Å². The van der Waals surface area contributed by atoms with E-state index in [-0.39, 0.29) is 36.6 Å². The number of carbonyl (C=O) groups is 2. The summed E-state index contributed by atoms with van der Waals surface area (Å²) < 4.78 is 4.99. The normalized spacial score (nSPS) is 11.6. The van der Waals surface area contributed by atoms with E-state index in [9.17, 15) is 19.7 Å². The summed E-state index contributed by atoms with van der Waals surface area (Å²) in [6.45, 7) is 0.493. The number of nitrogens with one attached hydrogen (secondary N) is 2. The second kappa shape index (κ2) is 8.66. The number of carboxylic acid groups (broad SMARTS) is 1. The summed E-state index contributed by atoms with van der Waals surface area (Å²) >= 11 is 0. The van der Waals surface area contributed by atoms with Crippen LogP contribution in [0.5, 0.6) is 5.75 Å². The van der Waals surface area contributed by atoms with Gasteiger partial charge in [0.1, 0.15) is 11.8 Å². The van der Waals surface area contributed by atoms with Crippen LogP contribution in [0, 0.1) is 10.1 Å². The number of nitro benzene ring substituents is 1. The minimum Gasteiger partial charge on any atom is -0.494 e. The first-order valence-electron chi connectivity index (χ1n) is 6.67. The maximum atomic E-state index is 11.9. The molecule has 0 saturated carbocycles. The van der Waals surface area contributed by atoms with Crippen molar-refractivity contribution < 1.29 is 24.4 Å². The molecule has 0 aliphatic carbocycles. The minimum absolute atomic E-state index is 0.106. The number of hydrogen-bond donors (Lipinski definition) is 4. The van der Waals surface area contributed by atoms with Crippen LogP contribution >= 0.6 is 0 Å². The van der Waals surface area contributed by atoms with Gasteiger partial charge in [-0.1, -0.05) is 0 Å². The van der Waals surface area contributed by atoms with Crippen LogP contribution < -0.4 is 21.1 Å². The van der Waals surface area contributed by atoms with E-state index in [0.29, 0.717) is 0 Å². The number of nitrogens with zero attached hydrogens (tertiary/aromatic N) is 1. The Morgan fingerprint density at radius 3 is 2.70 bits per heavy atom. The van der Waals surface area contributed by atoms with E-state index in [2.05, 4.69) is 10.6 Å². The fraction of sp³-hybridized carbons (Fsp3) is 0.385. The van der Waals surface area contributed by atoms with E-state index >= 15 is 0 Å². The van der Waals surface area contributed by atoms with Crippen LogP contribution in [-0.4, -0.2) is 48.1 Å². The molecule has 5 N–H and O–H groups in total. The Kier molecular flexibility index (Phi) is 6.90. The zero-order valence-corrected chi connectivity index (χ0v) is 12.4. The molecule has 1 aromatic rings. The summed E-state index contributed by atoms with van der Waals surface area (Å²) in [4.78, 5) is 33.1. The van der Waals surface area contributed by atoms with Crippen LogP contribution in [0.1, 0.15) is 6.42 Å². The molecule has 0 aliphatic rings. The standard InChI is InChI=1S/C13H18N4O6/c1-23-11-6-8(17(21)22)2-3-9(11)16-12(18)7-10(13(19)20)15-5-4-14/h2-3,6,10,15H,4-5,7,14H2,1H3,(H,16,18)(H,19,20)/t10-/m1/s1. The lowest BCUT2D eigenvalue weighted by atomic mass is 10.2. The highest BCUT2D eigenvalue weighted by Gasteiger charge is 2.21. The van der Waals surface area contributed by atoms with Gasteiger partial charge in [-0.15, -0.1) is 0 Å². The van der Waals surface area contributed by atoms with Gasteiger partial charge >= 0.3 is 5.97 Å². The number of rotatable bonds is 9. The highest BCUT2D eigenvalue weighted by molar-refractivity contribution is 5.95. The largest absolute Gasteiger partial charge is 0.494 e. The summed E-state index contributed by atoms with van der Waals surface area (Å²) in [6, 6.07) is 2.61. The molecule has 0 bridgehead atoms. The smallest absolute Gasteiger partial charge is 0.321 e. The van der Waals surface area contributed by atoms with Gasteiger partial charge in [0.2, 0.25) is 5.91 Å². The molecule has 1 amide bonds. The van der Waals surface area contributed by atoms with Crippen molar-refractivity contribution in [2.75, 3.05) is 25.5 Å². The molecule has 1 atom stereocenters. The van der Waals surface area contributed by atoms with E-state index in [1.807, 2.05) is 0 Å². The lowest BCUT2D eigenvalue weighted by molar-refractivity contribution is -0.384.